The second-order valence-electron chi connectivity index (χ2n) is 7.82. The molecular formula is C25H33IN6O. The lowest BCUT2D eigenvalue weighted by Crippen LogP contribution is -2.38. The molecule has 33 heavy (non-hydrogen) atoms. The van der Waals surface area contributed by atoms with Gasteiger partial charge in [-0.2, -0.15) is 5.10 Å². The number of nitrogens with zero attached hydrogens (tertiary/aromatic N) is 4. The Balaban J connectivity index is 0.00000306. The van der Waals surface area contributed by atoms with Crippen LogP contribution in [-0.4, -0.2) is 53.5 Å². The van der Waals surface area contributed by atoms with Gasteiger partial charge < -0.3 is 15.4 Å². The van der Waals surface area contributed by atoms with Gasteiger partial charge in [-0.05, 0) is 41.8 Å². The molecule has 2 aromatic carbocycles. The molecule has 1 aromatic heterocycles. The van der Waals surface area contributed by atoms with Gasteiger partial charge in [-0.15, -0.1) is 24.0 Å². The van der Waals surface area contributed by atoms with Crippen LogP contribution in [0.3, 0.4) is 0 Å². The summed E-state index contributed by atoms with van der Waals surface area (Å²) in [7, 11) is 0. The predicted octanol–water partition coefficient (Wildman–Crippen LogP) is 3.58. The van der Waals surface area contributed by atoms with Crippen LogP contribution in [0, 0.1) is 0 Å². The fourth-order valence-corrected chi connectivity index (χ4v) is 3.75. The third-order valence-electron chi connectivity index (χ3n) is 5.53. The molecular weight excluding hydrogens is 527 g/mol. The SMILES string of the molecule is CCNC(=NCc1ccc(-n2cccn2)cc1)NCc1ccccc1CN1CCOCC1.I. The molecule has 1 saturated heterocycles. The maximum Gasteiger partial charge on any atom is 0.191 e. The van der Waals surface area contributed by atoms with Gasteiger partial charge >= 0.3 is 0 Å². The molecule has 0 unspecified atom stereocenters. The van der Waals surface area contributed by atoms with Gasteiger partial charge in [0, 0.05) is 45.1 Å². The summed E-state index contributed by atoms with van der Waals surface area (Å²) in [6.45, 7) is 8.84. The number of ether oxygens (including phenoxy) is 1. The number of aromatic nitrogens is 2. The molecule has 8 heteroatoms. The average Bonchev–Trinajstić information content (AvgIpc) is 3.38. The summed E-state index contributed by atoms with van der Waals surface area (Å²) in [5.74, 6) is 0.824. The van der Waals surface area contributed by atoms with E-state index >= 15 is 0 Å². The van der Waals surface area contributed by atoms with Gasteiger partial charge in [-0.25, -0.2) is 9.67 Å². The summed E-state index contributed by atoms with van der Waals surface area (Å²) in [6, 6.07) is 18.9. The first-order valence-electron chi connectivity index (χ1n) is 11.3. The van der Waals surface area contributed by atoms with E-state index in [1.54, 1.807) is 6.20 Å². The minimum Gasteiger partial charge on any atom is -0.379 e. The van der Waals surface area contributed by atoms with Crippen LogP contribution in [0.1, 0.15) is 23.6 Å². The highest BCUT2D eigenvalue weighted by Gasteiger charge is 2.12. The molecule has 2 N–H and O–H groups in total. The second-order valence-corrected chi connectivity index (χ2v) is 7.82. The van der Waals surface area contributed by atoms with Crippen LogP contribution in [0.15, 0.2) is 72.0 Å². The molecule has 0 bridgehead atoms. The first kappa shape index (κ1) is 25.2. The van der Waals surface area contributed by atoms with Crippen LogP contribution < -0.4 is 10.6 Å². The van der Waals surface area contributed by atoms with Gasteiger partial charge in [0.2, 0.25) is 0 Å². The van der Waals surface area contributed by atoms with E-state index in [9.17, 15) is 0 Å². The van der Waals surface area contributed by atoms with Gasteiger partial charge in [0.05, 0.1) is 25.4 Å². The fourth-order valence-electron chi connectivity index (χ4n) is 3.75. The molecule has 176 valence electrons. The maximum absolute atomic E-state index is 5.48. The lowest BCUT2D eigenvalue weighted by Gasteiger charge is -2.27. The predicted molar refractivity (Wildman–Crippen MR) is 143 cm³/mol. The maximum atomic E-state index is 5.48. The molecule has 7 nitrogen and oxygen atoms in total. The number of morpholine rings is 1. The van der Waals surface area contributed by atoms with E-state index in [0.717, 1.165) is 63.1 Å². The number of halogens is 1. The van der Waals surface area contributed by atoms with E-state index < -0.39 is 0 Å². The Morgan fingerprint density at radius 3 is 2.45 bits per heavy atom. The molecule has 3 aromatic rings. The Bertz CT molecular complexity index is 984. The Morgan fingerprint density at radius 2 is 1.76 bits per heavy atom. The van der Waals surface area contributed by atoms with Crippen molar-refractivity contribution in [3.63, 3.8) is 0 Å². The van der Waals surface area contributed by atoms with Crippen molar-refractivity contribution < 1.29 is 4.74 Å². The summed E-state index contributed by atoms with van der Waals surface area (Å²) in [5, 5.41) is 11.1. The molecule has 0 atom stereocenters. The van der Waals surface area contributed by atoms with E-state index in [4.69, 9.17) is 9.73 Å². The number of guanidine groups is 1. The Labute approximate surface area is 213 Å². The number of hydrogen-bond acceptors (Lipinski definition) is 4. The van der Waals surface area contributed by atoms with Crippen molar-refractivity contribution in [1.29, 1.82) is 0 Å². The van der Waals surface area contributed by atoms with Crippen molar-refractivity contribution in [1.82, 2.24) is 25.3 Å². The first-order valence-corrected chi connectivity index (χ1v) is 11.3. The van der Waals surface area contributed by atoms with E-state index in [1.165, 1.54) is 11.1 Å². The van der Waals surface area contributed by atoms with Gasteiger partial charge in [-0.1, -0.05) is 36.4 Å². The fraction of sp³-hybridized carbons (Fsp3) is 0.360. The molecule has 1 fully saturated rings. The molecule has 0 amide bonds. The number of rotatable bonds is 8. The second kappa shape index (κ2) is 13.3. The highest BCUT2D eigenvalue weighted by molar-refractivity contribution is 14.0. The Hall–Kier alpha value is -2.43. The zero-order valence-electron chi connectivity index (χ0n) is 19.1. The van der Waals surface area contributed by atoms with Gasteiger partial charge in [0.25, 0.3) is 0 Å². The molecule has 0 radical (unpaired) electrons. The van der Waals surface area contributed by atoms with Crippen LogP contribution in [0.5, 0.6) is 0 Å². The molecule has 2 heterocycles. The molecule has 0 spiro atoms. The molecule has 0 aliphatic carbocycles. The van der Waals surface area contributed by atoms with E-state index in [2.05, 4.69) is 76.1 Å². The third kappa shape index (κ3) is 7.55. The van der Waals surface area contributed by atoms with Crippen molar-refractivity contribution in [2.75, 3.05) is 32.8 Å². The average molecular weight is 560 g/mol. The Kier molecular flexibility index (Phi) is 10.2. The summed E-state index contributed by atoms with van der Waals surface area (Å²) in [4.78, 5) is 7.23. The van der Waals surface area contributed by atoms with Crippen LogP contribution in [-0.2, 0) is 24.4 Å². The van der Waals surface area contributed by atoms with Crippen LogP contribution in [0.2, 0.25) is 0 Å². The standard InChI is InChI=1S/C25H32N6O.HI/c1-2-26-25(27-18-21-8-10-24(11-9-21)31-13-5-12-29-31)28-19-22-6-3-4-7-23(22)20-30-14-16-32-17-15-30;/h3-13H,2,14-20H2,1H3,(H2,26,27,28);1H. The smallest absolute Gasteiger partial charge is 0.191 e. The lowest BCUT2D eigenvalue weighted by atomic mass is 10.1. The van der Waals surface area contributed by atoms with Crippen LogP contribution in [0.25, 0.3) is 5.69 Å². The van der Waals surface area contributed by atoms with Crippen molar-refractivity contribution in [2.24, 2.45) is 4.99 Å². The summed E-state index contributed by atoms with van der Waals surface area (Å²) in [6.07, 6.45) is 3.73. The first-order chi connectivity index (χ1) is 15.8. The monoisotopic (exact) mass is 560 g/mol. The summed E-state index contributed by atoms with van der Waals surface area (Å²) >= 11 is 0. The summed E-state index contributed by atoms with van der Waals surface area (Å²) in [5.41, 5.74) is 4.86. The topological polar surface area (TPSA) is 66.7 Å². The molecule has 1 aliphatic rings. The van der Waals surface area contributed by atoms with E-state index in [1.807, 2.05) is 16.9 Å². The van der Waals surface area contributed by atoms with Gasteiger partial charge in [-0.3, -0.25) is 4.90 Å². The molecule has 1 aliphatic heterocycles. The molecule has 4 rings (SSSR count). The quantitative estimate of drug-likeness (QED) is 0.251. The van der Waals surface area contributed by atoms with Crippen molar-refractivity contribution in [3.8, 4) is 5.69 Å². The summed E-state index contributed by atoms with van der Waals surface area (Å²) < 4.78 is 7.33. The molecule has 0 saturated carbocycles. The lowest BCUT2D eigenvalue weighted by molar-refractivity contribution is 0.0341. The largest absolute Gasteiger partial charge is 0.379 e. The van der Waals surface area contributed by atoms with Crippen molar-refractivity contribution >= 4 is 29.9 Å². The van der Waals surface area contributed by atoms with Crippen LogP contribution >= 0.6 is 24.0 Å². The van der Waals surface area contributed by atoms with E-state index in [-0.39, 0.29) is 24.0 Å². The zero-order valence-corrected chi connectivity index (χ0v) is 21.4. The van der Waals surface area contributed by atoms with Gasteiger partial charge in [0.1, 0.15) is 0 Å². The number of hydrogen-bond donors (Lipinski definition) is 2. The minimum absolute atomic E-state index is 0. The van der Waals surface area contributed by atoms with Crippen molar-refractivity contribution in [3.05, 3.63) is 83.7 Å². The highest BCUT2D eigenvalue weighted by atomic mass is 127. The van der Waals surface area contributed by atoms with Crippen LogP contribution in [0.4, 0.5) is 0 Å². The highest BCUT2D eigenvalue weighted by Crippen LogP contribution is 2.13. The number of benzene rings is 2. The number of nitrogens with one attached hydrogen (secondary N) is 2. The third-order valence-corrected chi connectivity index (χ3v) is 5.53. The van der Waals surface area contributed by atoms with Gasteiger partial charge in [0.15, 0.2) is 5.96 Å². The Morgan fingerprint density at radius 1 is 1.00 bits per heavy atom. The number of aliphatic imine (C=N–C) groups is 1. The zero-order chi connectivity index (χ0) is 22.0. The minimum atomic E-state index is 0. The van der Waals surface area contributed by atoms with Crippen molar-refractivity contribution in [2.45, 2.75) is 26.6 Å². The normalized spacial score (nSPS) is 14.5. The van der Waals surface area contributed by atoms with E-state index in [0.29, 0.717) is 6.54 Å².